The van der Waals surface area contributed by atoms with Crippen molar-refractivity contribution < 1.29 is 78.6 Å². The summed E-state index contributed by atoms with van der Waals surface area (Å²) in [5, 5.41) is 9.26. The zero-order chi connectivity index (χ0) is 15.6. The molecule has 1 atom stereocenters. The number of aromatic amines is 1. The predicted octanol–water partition coefficient (Wildman–Crippen LogP) is -8.38. The fraction of sp³-hybridized carbons (Fsp3) is 0.500. The molecule has 4 N–H and O–H groups in total. The number of nitrogens with two attached hydrogens (primary N) is 1. The van der Waals surface area contributed by atoms with Crippen molar-refractivity contribution in [3.05, 3.63) is 16.7 Å². The Morgan fingerprint density at radius 3 is 2.65 bits per heavy atom. The Morgan fingerprint density at radius 2 is 2.09 bits per heavy atom. The third-order valence-corrected chi connectivity index (χ3v) is 3.82. The van der Waals surface area contributed by atoms with Crippen molar-refractivity contribution in [3.8, 4) is 0 Å². The SMILES string of the molecule is Nc1nc2c(ncn2CC(CO)CCP(=O)([O-])[O-])c(=O)[nH]1.[Na+].[Na+]. The van der Waals surface area contributed by atoms with Gasteiger partial charge in [0.25, 0.3) is 5.56 Å². The first-order chi connectivity index (χ1) is 9.80. The monoisotopic (exact) mass is 361 g/mol. The molecule has 116 valence electrons. The Hall–Kier alpha value is 0.260. The van der Waals surface area contributed by atoms with Crippen LogP contribution < -0.4 is 80.2 Å². The van der Waals surface area contributed by atoms with E-state index in [1.807, 2.05) is 0 Å². The Morgan fingerprint density at radius 1 is 1.43 bits per heavy atom. The van der Waals surface area contributed by atoms with Crippen LogP contribution in [0.1, 0.15) is 6.42 Å². The molecule has 0 aliphatic carbocycles. The Labute approximate surface area is 175 Å². The molecule has 2 aromatic heterocycles. The number of nitrogens with zero attached hydrogens (tertiary/aromatic N) is 3. The number of aromatic nitrogens is 4. The van der Waals surface area contributed by atoms with Gasteiger partial charge in [-0.05, 0) is 12.6 Å². The molecule has 13 heteroatoms. The molecule has 0 spiro atoms. The number of anilines is 1. The predicted molar refractivity (Wildman–Crippen MR) is 70.2 cm³/mol. The van der Waals surface area contributed by atoms with Crippen LogP contribution in [-0.4, -0.2) is 37.4 Å². The summed E-state index contributed by atoms with van der Waals surface area (Å²) in [6.07, 6.45) is 0.823. The Balaban J connectivity index is 0.00000242. The van der Waals surface area contributed by atoms with Gasteiger partial charge < -0.3 is 29.8 Å². The van der Waals surface area contributed by atoms with Crippen molar-refractivity contribution in [1.82, 2.24) is 19.5 Å². The van der Waals surface area contributed by atoms with Crippen LogP contribution in [0.5, 0.6) is 0 Å². The van der Waals surface area contributed by atoms with Crippen LogP contribution in [0.4, 0.5) is 5.95 Å². The summed E-state index contributed by atoms with van der Waals surface area (Å²) >= 11 is 0. The summed E-state index contributed by atoms with van der Waals surface area (Å²) < 4.78 is 12.1. The van der Waals surface area contributed by atoms with Gasteiger partial charge in [-0.2, -0.15) is 4.98 Å². The van der Waals surface area contributed by atoms with E-state index < -0.39 is 25.2 Å². The van der Waals surface area contributed by atoms with Crippen LogP contribution in [0.15, 0.2) is 11.1 Å². The number of nitrogens with one attached hydrogen (secondary N) is 1. The third kappa shape index (κ3) is 6.58. The summed E-state index contributed by atoms with van der Waals surface area (Å²) in [6, 6.07) is 0. The smallest absolute Gasteiger partial charge is 0.811 e. The minimum atomic E-state index is -4.61. The van der Waals surface area contributed by atoms with E-state index in [4.69, 9.17) is 5.73 Å². The van der Waals surface area contributed by atoms with Crippen LogP contribution in [-0.2, 0) is 11.1 Å². The van der Waals surface area contributed by atoms with Crippen molar-refractivity contribution in [3.63, 3.8) is 0 Å². The van der Waals surface area contributed by atoms with E-state index >= 15 is 0 Å². The number of imidazole rings is 1. The van der Waals surface area contributed by atoms with Crippen LogP contribution in [0.3, 0.4) is 0 Å². The summed E-state index contributed by atoms with van der Waals surface area (Å²) in [4.78, 5) is 43.1. The molecule has 0 bridgehead atoms. The number of H-pyrrole nitrogens is 1. The average Bonchev–Trinajstić information content (AvgIpc) is 2.76. The van der Waals surface area contributed by atoms with Crippen LogP contribution in [0.2, 0.25) is 0 Å². The number of aliphatic hydroxyl groups excluding tert-OH is 1. The van der Waals surface area contributed by atoms with Crippen LogP contribution in [0.25, 0.3) is 11.2 Å². The fourth-order valence-corrected chi connectivity index (χ4v) is 2.64. The quantitative estimate of drug-likeness (QED) is 0.336. The maximum absolute atomic E-state index is 11.6. The van der Waals surface area contributed by atoms with Gasteiger partial charge in [-0.1, -0.05) is 7.60 Å². The van der Waals surface area contributed by atoms with Gasteiger partial charge in [0.2, 0.25) is 5.95 Å². The second-order valence-electron chi connectivity index (χ2n) is 4.69. The van der Waals surface area contributed by atoms with Crippen molar-refractivity contribution in [2.75, 3.05) is 18.5 Å². The summed E-state index contributed by atoms with van der Waals surface area (Å²) in [5.41, 5.74) is 5.30. The first kappa shape index (κ1) is 23.3. The molecule has 0 aliphatic rings. The molecule has 10 nitrogen and oxygen atoms in total. The first-order valence-electron chi connectivity index (χ1n) is 6.12. The molecule has 0 fully saturated rings. The molecule has 2 rings (SSSR count). The van der Waals surface area contributed by atoms with Gasteiger partial charge in [0.1, 0.15) is 0 Å². The second kappa shape index (κ2) is 9.67. The number of fused-ring (bicyclic) bond motifs is 1. The molecule has 0 aromatic carbocycles. The van der Waals surface area contributed by atoms with E-state index in [-0.39, 0.29) is 95.8 Å². The number of hydrogen-bond donors (Lipinski definition) is 3. The van der Waals surface area contributed by atoms with Crippen molar-refractivity contribution in [1.29, 1.82) is 0 Å². The molecule has 0 radical (unpaired) electrons. The number of rotatable bonds is 6. The first-order valence-corrected chi connectivity index (χ1v) is 7.85. The van der Waals surface area contributed by atoms with Gasteiger partial charge in [-0.15, -0.1) is 0 Å². The Kier molecular flexibility index (Phi) is 9.78. The second-order valence-corrected chi connectivity index (χ2v) is 6.36. The summed E-state index contributed by atoms with van der Waals surface area (Å²) in [7, 11) is -4.61. The number of hydrogen-bond acceptors (Lipinski definition) is 8. The molecular weight excluding hydrogens is 347 g/mol. The molecule has 2 heterocycles. The summed E-state index contributed by atoms with van der Waals surface area (Å²) in [5.74, 6) is -0.542. The van der Waals surface area contributed by atoms with Crippen molar-refractivity contribution in [2.24, 2.45) is 5.92 Å². The van der Waals surface area contributed by atoms with Gasteiger partial charge in [0.05, 0.1) is 6.33 Å². The standard InChI is InChI=1S/C10H16N5O5P.2Na/c11-10-13-8-7(9(17)14-10)12-5-15(8)3-6(4-16)1-2-21(18,19)20;;/h5-6,16H,1-4H2,(H2,18,19,20)(H3,11,13,14,17);;/q;2*+1/p-2. The fourth-order valence-electron chi connectivity index (χ4n) is 1.96. The molecule has 1 unspecified atom stereocenters. The van der Waals surface area contributed by atoms with E-state index in [0.717, 1.165) is 0 Å². The van der Waals surface area contributed by atoms with E-state index in [0.29, 0.717) is 0 Å². The average molecular weight is 361 g/mol. The zero-order valence-electron chi connectivity index (χ0n) is 12.9. The molecule has 23 heavy (non-hydrogen) atoms. The normalized spacial score (nSPS) is 12.5. The molecule has 0 saturated carbocycles. The maximum Gasteiger partial charge on any atom is 1.00 e. The molecule has 2 aromatic rings. The van der Waals surface area contributed by atoms with E-state index in [1.165, 1.54) is 10.9 Å². The van der Waals surface area contributed by atoms with Gasteiger partial charge in [-0.25, -0.2) is 4.98 Å². The molecule has 0 saturated heterocycles. The van der Waals surface area contributed by atoms with Crippen molar-refractivity contribution >= 4 is 24.7 Å². The van der Waals surface area contributed by atoms with E-state index in [1.54, 1.807) is 0 Å². The van der Waals surface area contributed by atoms with Crippen LogP contribution in [0, 0.1) is 5.92 Å². The minimum Gasteiger partial charge on any atom is -0.811 e. The van der Waals surface area contributed by atoms with Gasteiger partial charge in [0.15, 0.2) is 11.2 Å². The van der Waals surface area contributed by atoms with Crippen molar-refractivity contribution in [2.45, 2.75) is 13.0 Å². The topological polar surface area (TPSA) is 173 Å². The van der Waals surface area contributed by atoms with E-state index in [2.05, 4.69) is 15.0 Å². The molecule has 0 amide bonds. The van der Waals surface area contributed by atoms with Gasteiger partial charge >= 0.3 is 59.1 Å². The van der Waals surface area contributed by atoms with Crippen LogP contribution >= 0.6 is 7.60 Å². The zero-order valence-corrected chi connectivity index (χ0v) is 17.8. The third-order valence-electron chi connectivity index (χ3n) is 3.02. The molecule has 0 aliphatic heterocycles. The maximum atomic E-state index is 11.6. The van der Waals surface area contributed by atoms with Gasteiger partial charge in [0, 0.05) is 19.1 Å². The summed E-state index contributed by atoms with van der Waals surface area (Å²) in [6.45, 7) is -0.138. The number of nitrogen functional groups attached to an aromatic ring is 1. The Bertz CT molecular complexity index is 745. The number of aliphatic hydroxyl groups is 1. The minimum absolute atomic E-state index is 0. The van der Waals surface area contributed by atoms with E-state index in [9.17, 15) is 24.3 Å². The largest absolute Gasteiger partial charge is 1.00 e. The van der Waals surface area contributed by atoms with Gasteiger partial charge in [-0.3, -0.25) is 9.78 Å². The molecular formula is C10H14N5Na2O5P.